The maximum absolute atomic E-state index is 12.5. The van der Waals surface area contributed by atoms with Gasteiger partial charge in [0.05, 0.1) is 29.6 Å². The second-order valence-corrected chi connectivity index (χ2v) is 9.59. The number of nitrogens with one attached hydrogen (secondary N) is 2. The SMILES string of the molecule is COc1ccc(S(=O)(=O)NCC(=O)NCC(=O)OCc2ccc(Oc3ccc([N+](=O)[O-])cc3)cc2)c([N+](=O)[O-])c1. The lowest BCUT2D eigenvalue weighted by Gasteiger charge is -2.10. The molecule has 3 aromatic rings. The number of non-ortho nitro benzene ring substituents is 1. The summed E-state index contributed by atoms with van der Waals surface area (Å²) in [5, 5.41) is 24.1. The van der Waals surface area contributed by atoms with Crippen molar-refractivity contribution in [1.82, 2.24) is 10.0 Å². The van der Waals surface area contributed by atoms with E-state index in [1.54, 1.807) is 24.3 Å². The Hall–Kier alpha value is -5.09. The Labute approximate surface area is 227 Å². The highest BCUT2D eigenvalue weighted by atomic mass is 32.2. The van der Waals surface area contributed by atoms with Crippen molar-refractivity contribution >= 4 is 33.3 Å². The maximum atomic E-state index is 12.5. The third-order valence-electron chi connectivity index (χ3n) is 5.11. The number of nitro groups is 2. The summed E-state index contributed by atoms with van der Waals surface area (Å²) in [4.78, 5) is 43.9. The van der Waals surface area contributed by atoms with Crippen LogP contribution in [0.2, 0.25) is 0 Å². The highest BCUT2D eigenvalue weighted by Gasteiger charge is 2.27. The van der Waals surface area contributed by atoms with Crippen LogP contribution in [-0.4, -0.2) is 50.3 Å². The molecule has 0 atom stereocenters. The summed E-state index contributed by atoms with van der Waals surface area (Å²) in [7, 11) is -3.17. The van der Waals surface area contributed by atoms with E-state index >= 15 is 0 Å². The van der Waals surface area contributed by atoms with E-state index in [1.165, 1.54) is 37.4 Å². The van der Waals surface area contributed by atoms with E-state index in [2.05, 4.69) is 5.32 Å². The van der Waals surface area contributed by atoms with E-state index in [-0.39, 0.29) is 18.0 Å². The lowest BCUT2D eigenvalue weighted by molar-refractivity contribution is -0.387. The number of nitro benzene ring substituents is 2. The summed E-state index contributed by atoms with van der Waals surface area (Å²) in [6, 6.07) is 15.1. The van der Waals surface area contributed by atoms with Gasteiger partial charge in [-0.15, -0.1) is 0 Å². The average Bonchev–Trinajstić information content (AvgIpc) is 2.94. The van der Waals surface area contributed by atoms with Crippen LogP contribution in [0.15, 0.2) is 71.6 Å². The molecule has 0 aliphatic rings. The van der Waals surface area contributed by atoms with Crippen LogP contribution in [0.1, 0.15) is 5.56 Å². The fourth-order valence-electron chi connectivity index (χ4n) is 3.11. The summed E-state index contributed by atoms with van der Waals surface area (Å²) in [5.41, 5.74) is -0.201. The van der Waals surface area contributed by atoms with Crippen LogP contribution in [0.3, 0.4) is 0 Å². The van der Waals surface area contributed by atoms with E-state index in [4.69, 9.17) is 14.2 Å². The predicted octanol–water partition coefficient (Wildman–Crippen LogP) is 2.44. The van der Waals surface area contributed by atoms with Crippen LogP contribution in [0.4, 0.5) is 11.4 Å². The minimum Gasteiger partial charge on any atom is -0.497 e. The van der Waals surface area contributed by atoms with Crippen LogP contribution in [0, 0.1) is 20.2 Å². The Balaban J connectivity index is 1.43. The topological polar surface area (TPSA) is 206 Å². The Morgan fingerprint density at radius 1 is 0.850 bits per heavy atom. The molecule has 0 heterocycles. The summed E-state index contributed by atoms with van der Waals surface area (Å²) in [6.45, 7) is -1.46. The van der Waals surface area contributed by atoms with E-state index in [0.29, 0.717) is 17.1 Å². The van der Waals surface area contributed by atoms with Crippen molar-refractivity contribution in [2.24, 2.45) is 0 Å². The number of methoxy groups -OCH3 is 1. The first-order chi connectivity index (χ1) is 19.0. The number of rotatable bonds is 13. The number of hydrogen-bond donors (Lipinski definition) is 2. The molecule has 0 fully saturated rings. The molecule has 16 heteroatoms. The third-order valence-corrected chi connectivity index (χ3v) is 6.56. The van der Waals surface area contributed by atoms with Crippen molar-refractivity contribution in [3.05, 3.63) is 92.5 Å². The van der Waals surface area contributed by atoms with E-state index in [0.717, 1.165) is 12.1 Å². The Kier molecular flexibility index (Phi) is 9.66. The van der Waals surface area contributed by atoms with Gasteiger partial charge in [-0.2, -0.15) is 0 Å². The van der Waals surface area contributed by atoms with Gasteiger partial charge in [0.1, 0.15) is 30.4 Å². The summed E-state index contributed by atoms with van der Waals surface area (Å²) < 4.78 is 42.4. The van der Waals surface area contributed by atoms with Crippen molar-refractivity contribution in [1.29, 1.82) is 0 Å². The summed E-state index contributed by atoms with van der Waals surface area (Å²) in [6.07, 6.45) is 0. The second-order valence-electron chi connectivity index (χ2n) is 7.85. The van der Waals surface area contributed by atoms with Gasteiger partial charge in [-0.1, -0.05) is 12.1 Å². The molecule has 210 valence electrons. The van der Waals surface area contributed by atoms with Crippen molar-refractivity contribution in [3.63, 3.8) is 0 Å². The number of carbonyl (C=O) groups excluding carboxylic acids is 2. The number of esters is 1. The molecule has 0 saturated heterocycles. The monoisotopic (exact) mass is 574 g/mol. The lowest BCUT2D eigenvalue weighted by atomic mass is 10.2. The van der Waals surface area contributed by atoms with E-state index in [9.17, 15) is 38.2 Å². The number of hydrogen-bond acceptors (Lipinski definition) is 11. The maximum Gasteiger partial charge on any atom is 0.325 e. The third kappa shape index (κ3) is 8.20. The molecule has 0 unspecified atom stereocenters. The molecule has 0 bridgehead atoms. The smallest absolute Gasteiger partial charge is 0.325 e. The molecule has 3 aromatic carbocycles. The van der Waals surface area contributed by atoms with Gasteiger partial charge in [-0.3, -0.25) is 29.8 Å². The lowest BCUT2D eigenvalue weighted by Crippen LogP contribution is -2.39. The molecule has 0 aliphatic heterocycles. The van der Waals surface area contributed by atoms with Crippen molar-refractivity contribution < 1.29 is 42.1 Å². The molecular weight excluding hydrogens is 552 g/mol. The predicted molar refractivity (Wildman–Crippen MR) is 137 cm³/mol. The van der Waals surface area contributed by atoms with Gasteiger partial charge in [0.2, 0.25) is 15.9 Å². The zero-order valence-electron chi connectivity index (χ0n) is 20.8. The molecular formula is C24H22N4O11S. The molecule has 1 amide bonds. The Morgan fingerprint density at radius 2 is 1.45 bits per heavy atom. The van der Waals surface area contributed by atoms with Gasteiger partial charge >= 0.3 is 5.97 Å². The number of benzene rings is 3. The van der Waals surface area contributed by atoms with Gasteiger partial charge in [-0.05, 0) is 42.0 Å². The van der Waals surface area contributed by atoms with Gasteiger partial charge < -0.3 is 19.5 Å². The molecule has 40 heavy (non-hydrogen) atoms. The highest BCUT2D eigenvalue weighted by molar-refractivity contribution is 7.89. The normalized spacial score (nSPS) is 10.8. The first kappa shape index (κ1) is 29.5. The minimum atomic E-state index is -4.43. The standard InChI is InChI=1S/C24H22N4O11S/c1-37-20-10-11-22(21(12-20)28(33)34)40(35,36)26-13-23(29)25-14-24(30)38-15-16-2-6-18(7-3-16)39-19-8-4-17(5-9-19)27(31)32/h2-12,26H,13-15H2,1H3,(H,25,29). The molecule has 3 rings (SSSR count). The Morgan fingerprint density at radius 3 is 2.02 bits per heavy atom. The highest BCUT2D eigenvalue weighted by Crippen LogP contribution is 2.28. The first-order valence-electron chi connectivity index (χ1n) is 11.2. The van der Waals surface area contributed by atoms with Gasteiger partial charge in [0.25, 0.3) is 11.4 Å². The Bertz CT molecular complexity index is 1510. The molecule has 0 aromatic heterocycles. The molecule has 0 radical (unpaired) electrons. The fraction of sp³-hybridized carbons (Fsp3) is 0.167. The average molecular weight is 575 g/mol. The van der Waals surface area contributed by atoms with Gasteiger partial charge in [0, 0.05) is 12.1 Å². The number of nitrogens with zero attached hydrogens (tertiary/aromatic N) is 2. The number of ether oxygens (including phenoxy) is 3. The van der Waals surface area contributed by atoms with E-state index < -0.39 is 55.4 Å². The van der Waals surface area contributed by atoms with Crippen LogP contribution in [0.5, 0.6) is 17.2 Å². The number of sulfonamides is 1. The summed E-state index contributed by atoms with van der Waals surface area (Å²) >= 11 is 0. The zero-order valence-corrected chi connectivity index (χ0v) is 21.6. The zero-order chi connectivity index (χ0) is 29.3. The molecule has 15 nitrogen and oxygen atoms in total. The van der Waals surface area contributed by atoms with Crippen molar-refractivity contribution in [2.45, 2.75) is 11.5 Å². The number of carbonyl (C=O) groups is 2. The van der Waals surface area contributed by atoms with Gasteiger partial charge in [0.15, 0.2) is 4.90 Å². The van der Waals surface area contributed by atoms with Crippen molar-refractivity contribution in [3.8, 4) is 17.2 Å². The van der Waals surface area contributed by atoms with Crippen LogP contribution < -0.4 is 19.5 Å². The molecule has 2 N–H and O–H groups in total. The van der Waals surface area contributed by atoms with Crippen molar-refractivity contribution in [2.75, 3.05) is 20.2 Å². The molecule has 0 spiro atoms. The first-order valence-corrected chi connectivity index (χ1v) is 12.7. The molecule has 0 saturated carbocycles. The largest absolute Gasteiger partial charge is 0.497 e. The second kappa shape index (κ2) is 13.1. The van der Waals surface area contributed by atoms with Crippen LogP contribution in [0.25, 0.3) is 0 Å². The fourth-order valence-corrected chi connectivity index (χ4v) is 4.24. The van der Waals surface area contributed by atoms with E-state index in [1.807, 2.05) is 4.72 Å². The van der Waals surface area contributed by atoms with Gasteiger partial charge in [-0.25, -0.2) is 13.1 Å². The minimum absolute atomic E-state index is 0.0677. The number of amides is 1. The summed E-state index contributed by atoms with van der Waals surface area (Å²) in [5.74, 6) is -0.755. The van der Waals surface area contributed by atoms with Crippen LogP contribution in [-0.2, 0) is 31.0 Å². The van der Waals surface area contributed by atoms with Crippen LogP contribution >= 0.6 is 0 Å². The quantitative estimate of drug-likeness (QED) is 0.172. The molecule has 0 aliphatic carbocycles.